The fourth-order valence-electron chi connectivity index (χ4n) is 2.04. The van der Waals surface area contributed by atoms with Gasteiger partial charge in [0, 0.05) is 11.9 Å². The summed E-state index contributed by atoms with van der Waals surface area (Å²) in [5.41, 5.74) is -0.171. The van der Waals surface area contributed by atoms with Gasteiger partial charge >= 0.3 is 5.97 Å². The molecule has 0 saturated heterocycles. The molecule has 1 aromatic carbocycles. The number of carbonyl (C=O) groups excluding carboxylic acids is 2. The lowest BCUT2D eigenvalue weighted by Crippen LogP contribution is -2.37. The molecule has 1 aromatic heterocycles. The molecule has 2 aromatic rings. The van der Waals surface area contributed by atoms with Gasteiger partial charge < -0.3 is 14.6 Å². The highest BCUT2D eigenvalue weighted by Gasteiger charge is 2.19. The molecule has 0 saturated carbocycles. The summed E-state index contributed by atoms with van der Waals surface area (Å²) in [5, 5.41) is 1.20. The molecule has 0 fully saturated rings. The van der Waals surface area contributed by atoms with Gasteiger partial charge in [0.1, 0.15) is 12.2 Å². The number of hydrogen-bond donors (Lipinski definition) is 1. The molecule has 1 amide bonds. The van der Waals surface area contributed by atoms with E-state index in [-0.39, 0.29) is 17.8 Å². The quantitative estimate of drug-likeness (QED) is 0.856. The number of pyridine rings is 1. The van der Waals surface area contributed by atoms with Gasteiger partial charge in [-0.2, -0.15) is 0 Å². The summed E-state index contributed by atoms with van der Waals surface area (Å²) in [7, 11) is 1.26. The Morgan fingerprint density at radius 3 is 2.67 bits per heavy atom. The second kappa shape index (κ2) is 6.21. The topological polar surface area (TPSA) is 79.5 Å². The molecule has 0 aliphatic heterocycles. The number of nitrogens with one attached hydrogen (secondary N) is 1. The second-order valence-electron chi connectivity index (χ2n) is 4.49. The van der Waals surface area contributed by atoms with Gasteiger partial charge in [-0.3, -0.25) is 14.4 Å². The van der Waals surface area contributed by atoms with Crippen LogP contribution in [0, 0.1) is 0 Å². The average molecular weight is 288 g/mol. The predicted octanol–water partition coefficient (Wildman–Crippen LogP) is 1.16. The average Bonchev–Trinajstić information content (AvgIpc) is 2.51. The zero-order valence-electron chi connectivity index (χ0n) is 11.9. The van der Waals surface area contributed by atoms with Crippen LogP contribution in [0.3, 0.4) is 0 Å². The zero-order chi connectivity index (χ0) is 15.4. The Kier molecular flexibility index (Phi) is 4.37. The molecule has 0 atom stereocenters. The number of amides is 1. The lowest BCUT2D eigenvalue weighted by Gasteiger charge is -2.19. The van der Waals surface area contributed by atoms with Crippen LogP contribution in [-0.2, 0) is 9.53 Å². The normalized spacial score (nSPS) is 10.4. The van der Waals surface area contributed by atoms with Gasteiger partial charge in [0.05, 0.1) is 7.11 Å². The van der Waals surface area contributed by atoms with E-state index in [1.54, 1.807) is 37.3 Å². The standard InChI is InChI=1S/C15H16N2O4/c1-3-17(9-13(18)21-2)15(20)12-8-10-6-4-5-7-11(10)14(19)16-12/h4-8H,3,9H2,1-2H3,(H,16,19). The number of aromatic nitrogens is 1. The van der Waals surface area contributed by atoms with Crippen LogP contribution in [0.15, 0.2) is 35.1 Å². The molecule has 0 aliphatic carbocycles. The largest absolute Gasteiger partial charge is 0.468 e. The van der Waals surface area contributed by atoms with Crippen molar-refractivity contribution in [2.75, 3.05) is 20.2 Å². The molecule has 0 unspecified atom stereocenters. The van der Waals surface area contributed by atoms with Crippen LogP contribution < -0.4 is 5.56 Å². The number of methoxy groups -OCH3 is 1. The first kappa shape index (κ1) is 14.8. The van der Waals surface area contributed by atoms with Crippen molar-refractivity contribution in [3.05, 3.63) is 46.4 Å². The summed E-state index contributed by atoms with van der Waals surface area (Å²) in [4.78, 5) is 39.5. The lowest BCUT2D eigenvalue weighted by atomic mass is 10.1. The van der Waals surface area contributed by atoms with Gasteiger partial charge in [0.15, 0.2) is 0 Å². The molecule has 0 aliphatic rings. The van der Waals surface area contributed by atoms with Crippen LogP contribution >= 0.6 is 0 Å². The van der Waals surface area contributed by atoms with Crippen LogP contribution in [-0.4, -0.2) is 42.0 Å². The number of benzene rings is 1. The smallest absolute Gasteiger partial charge is 0.325 e. The molecule has 0 bridgehead atoms. The summed E-state index contributed by atoms with van der Waals surface area (Å²) in [5.74, 6) is -0.918. The van der Waals surface area contributed by atoms with Crippen molar-refractivity contribution in [3.63, 3.8) is 0 Å². The van der Waals surface area contributed by atoms with E-state index in [2.05, 4.69) is 9.72 Å². The fraction of sp³-hybridized carbons (Fsp3) is 0.267. The van der Waals surface area contributed by atoms with Crippen LogP contribution in [0.1, 0.15) is 17.4 Å². The third-order valence-electron chi connectivity index (χ3n) is 3.20. The monoisotopic (exact) mass is 288 g/mol. The maximum Gasteiger partial charge on any atom is 0.325 e. The number of ether oxygens (including phenoxy) is 1. The summed E-state index contributed by atoms with van der Waals surface area (Å²) in [6.45, 7) is 1.93. The molecular weight excluding hydrogens is 272 g/mol. The maximum absolute atomic E-state index is 12.4. The Morgan fingerprint density at radius 1 is 1.29 bits per heavy atom. The Hall–Kier alpha value is -2.63. The molecule has 0 radical (unpaired) electrons. The Labute approximate surface area is 121 Å². The fourth-order valence-corrected chi connectivity index (χ4v) is 2.04. The molecule has 110 valence electrons. The minimum Gasteiger partial charge on any atom is -0.468 e. The van der Waals surface area contributed by atoms with Crippen molar-refractivity contribution in [1.82, 2.24) is 9.88 Å². The number of aromatic amines is 1. The second-order valence-corrected chi connectivity index (χ2v) is 4.49. The van der Waals surface area contributed by atoms with Crippen molar-refractivity contribution in [3.8, 4) is 0 Å². The Balaban J connectivity index is 2.38. The van der Waals surface area contributed by atoms with Crippen LogP contribution in [0.2, 0.25) is 0 Å². The first-order valence-electron chi connectivity index (χ1n) is 6.55. The minimum atomic E-state index is -0.506. The first-order chi connectivity index (χ1) is 10.1. The van der Waals surface area contributed by atoms with E-state index in [9.17, 15) is 14.4 Å². The van der Waals surface area contributed by atoms with Crippen molar-refractivity contribution in [2.45, 2.75) is 6.92 Å². The predicted molar refractivity (Wildman–Crippen MR) is 78.2 cm³/mol. The van der Waals surface area contributed by atoms with Gasteiger partial charge in [-0.05, 0) is 24.4 Å². The number of carbonyl (C=O) groups is 2. The van der Waals surface area contributed by atoms with Crippen LogP contribution in [0.4, 0.5) is 0 Å². The van der Waals surface area contributed by atoms with Gasteiger partial charge in [-0.1, -0.05) is 18.2 Å². The number of nitrogens with zero attached hydrogens (tertiary/aromatic N) is 1. The van der Waals surface area contributed by atoms with Crippen molar-refractivity contribution in [1.29, 1.82) is 0 Å². The maximum atomic E-state index is 12.4. The van der Waals surface area contributed by atoms with Crippen molar-refractivity contribution in [2.24, 2.45) is 0 Å². The zero-order valence-corrected chi connectivity index (χ0v) is 11.9. The highest BCUT2D eigenvalue weighted by molar-refractivity contribution is 5.97. The highest BCUT2D eigenvalue weighted by atomic mass is 16.5. The summed E-state index contributed by atoms with van der Waals surface area (Å²) >= 11 is 0. The number of hydrogen-bond acceptors (Lipinski definition) is 4. The van der Waals surface area contributed by atoms with Crippen LogP contribution in [0.25, 0.3) is 10.8 Å². The SMILES string of the molecule is CCN(CC(=O)OC)C(=O)c1cc2ccccc2c(=O)[nH]1. The van der Waals surface area contributed by atoms with Crippen molar-refractivity contribution >= 4 is 22.6 Å². The van der Waals surface area contributed by atoms with Crippen LogP contribution in [0.5, 0.6) is 0 Å². The number of rotatable bonds is 4. The Bertz CT molecular complexity index is 736. The molecule has 2 rings (SSSR count). The molecule has 1 heterocycles. The van der Waals surface area contributed by atoms with E-state index in [1.165, 1.54) is 12.0 Å². The molecule has 1 N–H and O–H groups in total. The van der Waals surface area contributed by atoms with E-state index < -0.39 is 11.9 Å². The van der Waals surface area contributed by atoms with Gasteiger partial charge in [-0.15, -0.1) is 0 Å². The summed E-state index contributed by atoms with van der Waals surface area (Å²) in [6, 6.07) is 8.61. The third-order valence-corrected chi connectivity index (χ3v) is 3.20. The number of fused-ring (bicyclic) bond motifs is 1. The highest BCUT2D eigenvalue weighted by Crippen LogP contribution is 2.11. The van der Waals surface area contributed by atoms with E-state index in [0.717, 1.165) is 0 Å². The summed E-state index contributed by atoms with van der Waals surface area (Å²) < 4.78 is 4.56. The van der Waals surface area contributed by atoms with E-state index in [0.29, 0.717) is 17.3 Å². The van der Waals surface area contributed by atoms with E-state index in [4.69, 9.17) is 0 Å². The minimum absolute atomic E-state index is 0.152. The lowest BCUT2D eigenvalue weighted by molar-refractivity contribution is -0.141. The van der Waals surface area contributed by atoms with Gasteiger partial charge in [-0.25, -0.2) is 0 Å². The number of H-pyrrole nitrogens is 1. The first-order valence-corrected chi connectivity index (χ1v) is 6.55. The number of esters is 1. The number of likely N-dealkylation sites (N-methyl/N-ethyl adjacent to an activating group) is 1. The van der Waals surface area contributed by atoms with E-state index in [1.807, 2.05) is 0 Å². The molecule has 0 spiro atoms. The Morgan fingerprint density at radius 2 is 2.00 bits per heavy atom. The van der Waals surface area contributed by atoms with Gasteiger partial charge in [0.2, 0.25) is 0 Å². The third kappa shape index (κ3) is 3.10. The van der Waals surface area contributed by atoms with E-state index >= 15 is 0 Å². The van der Waals surface area contributed by atoms with Crippen molar-refractivity contribution < 1.29 is 14.3 Å². The van der Waals surface area contributed by atoms with Gasteiger partial charge in [0.25, 0.3) is 11.5 Å². The molecular formula is C15H16N2O4. The molecule has 6 nitrogen and oxygen atoms in total. The molecule has 21 heavy (non-hydrogen) atoms. The molecule has 6 heteroatoms. The summed E-state index contributed by atoms with van der Waals surface area (Å²) in [6.07, 6.45) is 0.